The van der Waals surface area contributed by atoms with Gasteiger partial charge in [0.25, 0.3) is 5.89 Å². The van der Waals surface area contributed by atoms with Crippen LogP contribution in [0.3, 0.4) is 0 Å². The quantitative estimate of drug-likeness (QED) is 0.749. The van der Waals surface area contributed by atoms with Crippen LogP contribution >= 0.6 is 11.5 Å². The van der Waals surface area contributed by atoms with Crippen molar-refractivity contribution in [1.82, 2.24) is 34.4 Å². The van der Waals surface area contributed by atoms with Crippen LogP contribution in [0, 0.1) is 0 Å². The Morgan fingerprint density at radius 1 is 1.35 bits per heavy atom. The topological polar surface area (TPSA) is 115 Å². The molecule has 4 heterocycles. The van der Waals surface area contributed by atoms with Crippen molar-refractivity contribution in [3.05, 3.63) is 24.4 Å². The SMILES string of the molecule is Cn1cc(-c2nc(C3CCCCCN3C(=O)Nc3cnns3)no2)cn1. The van der Waals surface area contributed by atoms with Crippen LogP contribution < -0.4 is 5.32 Å². The summed E-state index contributed by atoms with van der Waals surface area (Å²) in [6.07, 6.45) is 8.82. The Balaban J connectivity index is 1.57. The van der Waals surface area contributed by atoms with Crippen molar-refractivity contribution in [2.24, 2.45) is 7.05 Å². The summed E-state index contributed by atoms with van der Waals surface area (Å²) in [7, 11) is 1.83. The fourth-order valence-electron chi connectivity index (χ4n) is 3.04. The Kier molecular flexibility index (Phi) is 4.61. The van der Waals surface area contributed by atoms with E-state index in [-0.39, 0.29) is 12.1 Å². The van der Waals surface area contributed by atoms with Gasteiger partial charge in [0.2, 0.25) is 0 Å². The number of carbonyl (C=O) groups is 1. The van der Waals surface area contributed by atoms with Gasteiger partial charge in [-0.05, 0) is 12.8 Å². The summed E-state index contributed by atoms with van der Waals surface area (Å²) in [6, 6.07) is -0.428. The normalized spacial score (nSPS) is 17.9. The van der Waals surface area contributed by atoms with Crippen LogP contribution in [0.4, 0.5) is 9.80 Å². The zero-order valence-corrected chi connectivity index (χ0v) is 15.0. The Hall–Kier alpha value is -2.82. The second-order valence-corrected chi connectivity index (χ2v) is 6.92. The van der Waals surface area contributed by atoms with E-state index in [1.807, 2.05) is 13.2 Å². The van der Waals surface area contributed by atoms with E-state index in [1.54, 1.807) is 15.8 Å². The first kappa shape index (κ1) is 16.6. The molecule has 1 unspecified atom stereocenters. The summed E-state index contributed by atoms with van der Waals surface area (Å²) in [4.78, 5) is 19.0. The molecule has 0 aromatic carbocycles. The van der Waals surface area contributed by atoms with E-state index in [2.05, 4.69) is 30.1 Å². The summed E-state index contributed by atoms with van der Waals surface area (Å²) in [5.41, 5.74) is 0.756. The molecular weight excluding hydrogens is 356 g/mol. The highest BCUT2D eigenvalue weighted by atomic mass is 32.1. The molecule has 1 saturated heterocycles. The molecule has 10 nitrogen and oxygen atoms in total. The number of rotatable bonds is 3. The number of nitrogens with one attached hydrogen (secondary N) is 1. The van der Waals surface area contributed by atoms with Crippen LogP contribution in [0.2, 0.25) is 0 Å². The molecule has 136 valence electrons. The van der Waals surface area contributed by atoms with Crippen molar-refractivity contribution in [2.45, 2.75) is 31.7 Å². The van der Waals surface area contributed by atoms with E-state index < -0.39 is 0 Å². The van der Waals surface area contributed by atoms with Gasteiger partial charge in [-0.3, -0.25) is 10.00 Å². The first-order chi connectivity index (χ1) is 12.7. The molecular formula is C15H18N8O2S. The van der Waals surface area contributed by atoms with Gasteiger partial charge in [-0.25, -0.2) is 4.79 Å². The molecule has 0 radical (unpaired) electrons. The van der Waals surface area contributed by atoms with Crippen LogP contribution in [0.15, 0.2) is 23.1 Å². The smallest absolute Gasteiger partial charge is 0.323 e. The van der Waals surface area contributed by atoms with Crippen molar-refractivity contribution in [2.75, 3.05) is 11.9 Å². The highest BCUT2D eigenvalue weighted by molar-refractivity contribution is 7.10. The van der Waals surface area contributed by atoms with Gasteiger partial charge < -0.3 is 9.42 Å². The van der Waals surface area contributed by atoms with Gasteiger partial charge in [0, 0.05) is 31.3 Å². The number of carbonyl (C=O) groups excluding carboxylic acids is 1. The van der Waals surface area contributed by atoms with Gasteiger partial charge in [-0.15, -0.1) is 5.10 Å². The summed E-state index contributed by atoms with van der Waals surface area (Å²) in [6.45, 7) is 0.638. The number of aryl methyl sites for hydroxylation is 1. The maximum atomic E-state index is 12.7. The minimum absolute atomic E-state index is 0.198. The first-order valence-corrected chi connectivity index (χ1v) is 9.15. The maximum Gasteiger partial charge on any atom is 0.323 e. The number of amides is 2. The van der Waals surface area contributed by atoms with Crippen LogP contribution in [0.1, 0.15) is 37.5 Å². The Labute approximate surface area is 153 Å². The first-order valence-electron chi connectivity index (χ1n) is 8.38. The van der Waals surface area contributed by atoms with E-state index in [4.69, 9.17) is 4.52 Å². The monoisotopic (exact) mass is 374 g/mol. The molecule has 3 aromatic heterocycles. The molecule has 1 aliphatic heterocycles. The van der Waals surface area contributed by atoms with Crippen molar-refractivity contribution in [1.29, 1.82) is 0 Å². The average molecular weight is 374 g/mol. The molecule has 0 saturated carbocycles. The van der Waals surface area contributed by atoms with Gasteiger partial charge in [-0.2, -0.15) is 10.1 Å². The van der Waals surface area contributed by atoms with Crippen molar-refractivity contribution in [3.63, 3.8) is 0 Å². The van der Waals surface area contributed by atoms with E-state index in [0.29, 0.717) is 23.3 Å². The highest BCUT2D eigenvalue weighted by Gasteiger charge is 2.31. The van der Waals surface area contributed by atoms with Gasteiger partial charge in [0.1, 0.15) is 5.00 Å². The lowest BCUT2D eigenvalue weighted by Gasteiger charge is -2.27. The Bertz CT molecular complexity index is 874. The number of hydrogen-bond acceptors (Lipinski definition) is 8. The van der Waals surface area contributed by atoms with Crippen LogP contribution in [0.5, 0.6) is 0 Å². The third-order valence-corrected chi connectivity index (χ3v) is 4.88. The Morgan fingerprint density at radius 2 is 2.27 bits per heavy atom. The molecule has 0 aliphatic carbocycles. The predicted molar refractivity (Wildman–Crippen MR) is 93.3 cm³/mol. The van der Waals surface area contributed by atoms with Gasteiger partial charge >= 0.3 is 6.03 Å². The van der Waals surface area contributed by atoms with Gasteiger partial charge in [0.15, 0.2) is 5.82 Å². The lowest BCUT2D eigenvalue weighted by atomic mass is 10.1. The molecule has 0 spiro atoms. The van der Waals surface area contributed by atoms with Crippen LogP contribution in [0.25, 0.3) is 11.5 Å². The number of hydrogen-bond donors (Lipinski definition) is 1. The van der Waals surface area contributed by atoms with E-state index in [1.165, 1.54) is 6.20 Å². The Morgan fingerprint density at radius 3 is 3.04 bits per heavy atom. The predicted octanol–water partition coefficient (Wildman–Crippen LogP) is 2.47. The molecule has 4 rings (SSSR count). The molecule has 2 amide bonds. The zero-order chi connectivity index (χ0) is 17.9. The fourth-order valence-corrected chi connectivity index (χ4v) is 3.45. The van der Waals surface area contributed by atoms with E-state index in [0.717, 1.165) is 42.8 Å². The largest absolute Gasteiger partial charge is 0.334 e. The summed E-state index contributed by atoms with van der Waals surface area (Å²) >= 11 is 1.14. The lowest BCUT2D eigenvalue weighted by Crippen LogP contribution is -2.38. The van der Waals surface area contributed by atoms with Crippen LogP contribution in [-0.4, -0.2) is 47.0 Å². The molecule has 3 aromatic rings. The summed E-state index contributed by atoms with van der Waals surface area (Å²) < 4.78 is 10.8. The second-order valence-electron chi connectivity index (χ2n) is 6.13. The van der Waals surface area contributed by atoms with Crippen LogP contribution in [-0.2, 0) is 7.05 Å². The third-order valence-electron chi connectivity index (χ3n) is 4.30. The summed E-state index contributed by atoms with van der Waals surface area (Å²) in [5, 5.41) is 15.4. The molecule has 1 fully saturated rings. The zero-order valence-electron chi connectivity index (χ0n) is 14.2. The van der Waals surface area contributed by atoms with Gasteiger partial charge in [0.05, 0.1) is 24.0 Å². The molecule has 26 heavy (non-hydrogen) atoms. The summed E-state index contributed by atoms with van der Waals surface area (Å²) in [5.74, 6) is 0.924. The van der Waals surface area contributed by atoms with Crippen molar-refractivity contribution in [3.8, 4) is 11.5 Å². The van der Waals surface area contributed by atoms with Gasteiger partial charge in [-0.1, -0.05) is 22.5 Å². The molecule has 1 aliphatic rings. The van der Waals surface area contributed by atoms with Crippen molar-refractivity contribution < 1.29 is 9.32 Å². The third kappa shape index (κ3) is 3.43. The molecule has 1 atom stereocenters. The standard InChI is InChI=1S/C15H18N8O2S/c1-22-9-10(7-17-22)14-19-13(20-25-14)11-5-3-2-4-6-23(11)15(24)18-12-8-16-21-26-12/h7-9,11H,2-6H2,1H3,(H,18,24). The number of nitrogens with zero attached hydrogens (tertiary/aromatic N) is 7. The number of likely N-dealkylation sites (tertiary alicyclic amines) is 1. The van der Waals surface area contributed by atoms with E-state index in [9.17, 15) is 4.79 Å². The number of aromatic nitrogens is 6. The second kappa shape index (κ2) is 7.20. The number of urea groups is 1. The number of anilines is 1. The molecule has 11 heteroatoms. The average Bonchev–Trinajstić information content (AvgIpc) is 3.35. The molecule has 1 N–H and O–H groups in total. The maximum absolute atomic E-state index is 12.7. The van der Waals surface area contributed by atoms with E-state index >= 15 is 0 Å². The lowest BCUT2D eigenvalue weighted by molar-refractivity contribution is 0.185. The minimum Gasteiger partial charge on any atom is -0.334 e. The molecule has 0 bridgehead atoms. The van der Waals surface area contributed by atoms with Crippen molar-refractivity contribution >= 4 is 22.6 Å². The fraction of sp³-hybridized carbons (Fsp3) is 0.467. The highest BCUT2D eigenvalue weighted by Crippen LogP contribution is 2.30. The minimum atomic E-state index is -0.229.